The molecule has 2 rings (SSSR count). The van der Waals surface area contributed by atoms with Crippen LogP contribution < -0.4 is 16.0 Å². The zero-order valence-corrected chi connectivity index (χ0v) is 24.4. The van der Waals surface area contributed by atoms with Gasteiger partial charge in [-0.15, -0.1) is 0 Å². The Morgan fingerprint density at radius 3 is 1.82 bits per heavy atom. The molecule has 5 heteroatoms. The molecule has 0 aliphatic rings. The first-order chi connectivity index (χ1) is 18.3. The van der Waals surface area contributed by atoms with Crippen molar-refractivity contribution in [2.45, 2.75) is 117 Å². The Balaban J connectivity index is 1.90. The summed E-state index contributed by atoms with van der Waals surface area (Å²) in [5.41, 5.74) is 4.12. The van der Waals surface area contributed by atoms with Crippen molar-refractivity contribution in [2.24, 2.45) is 0 Å². The number of anilines is 1. The Morgan fingerprint density at radius 1 is 0.711 bits per heavy atom. The number of rotatable bonds is 17. The molecule has 2 aromatic rings. The lowest BCUT2D eigenvalue weighted by molar-refractivity contribution is -0.121. The molecular formula is C33H51N3O2. The highest BCUT2D eigenvalue weighted by atomic mass is 16.2. The molecule has 0 fully saturated rings. The van der Waals surface area contributed by atoms with Crippen molar-refractivity contribution in [3.8, 4) is 0 Å². The number of urea groups is 1. The molecule has 0 heterocycles. The van der Waals surface area contributed by atoms with Gasteiger partial charge in [0.05, 0.1) is 6.04 Å². The van der Waals surface area contributed by atoms with E-state index in [1.165, 1.54) is 44.9 Å². The fourth-order valence-electron chi connectivity index (χ4n) is 4.85. The number of carbonyl (C=O) groups is 2. The third kappa shape index (κ3) is 11.3. The van der Waals surface area contributed by atoms with Crippen LogP contribution in [0, 0.1) is 0 Å². The Bertz CT molecular complexity index is 930. The molecule has 0 aliphatic heterocycles. The van der Waals surface area contributed by atoms with Gasteiger partial charge in [-0.05, 0) is 34.9 Å². The highest BCUT2D eigenvalue weighted by Crippen LogP contribution is 2.32. The van der Waals surface area contributed by atoms with Crippen LogP contribution in [0.4, 0.5) is 10.5 Å². The molecule has 1 atom stereocenters. The maximum absolute atomic E-state index is 13.0. The van der Waals surface area contributed by atoms with Crippen molar-refractivity contribution in [1.29, 1.82) is 0 Å². The van der Waals surface area contributed by atoms with E-state index in [1.54, 1.807) is 0 Å². The van der Waals surface area contributed by atoms with Crippen molar-refractivity contribution in [3.05, 3.63) is 65.2 Å². The molecule has 0 bridgehead atoms. The molecule has 2 aromatic carbocycles. The Morgan fingerprint density at radius 2 is 1.26 bits per heavy atom. The molecule has 0 saturated carbocycles. The van der Waals surface area contributed by atoms with Crippen LogP contribution in [-0.4, -0.2) is 18.5 Å². The molecule has 0 aliphatic carbocycles. The van der Waals surface area contributed by atoms with Crippen LogP contribution in [0.3, 0.4) is 0 Å². The molecule has 0 aromatic heterocycles. The second kappa shape index (κ2) is 17.6. The average molecular weight is 522 g/mol. The maximum Gasteiger partial charge on any atom is 0.319 e. The summed E-state index contributed by atoms with van der Waals surface area (Å²) in [7, 11) is 0. The first-order valence-corrected chi connectivity index (χ1v) is 14.8. The molecule has 3 amide bonds. The second-order valence-electron chi connectivity index (χ2n) is 11.1. The fraction of sp³-hybridized carbons (Fsp3) is 0.576. The van der Waals surface area contributed by atoms with E-state index in [2.05, 4.69) is 68.8 Å². The van der Waals surface area contributed by atoms with E-state index < -0.39 is 0 Å². The van der Waals surface area contributed by atoms with Crippen molar-refractivity contribution in [3.63, 3.8) is 0 Å². The molecule has 0 radical (unpaired) electrons. The SMILES string of the molecule is CCCCCCCCCCCC(=O)NC(CNC(=O)Nc1c(C(C)C)cccc1C(C)C)c1ccccc1. The Labute approximate surface area is 231 Å². The van der Waals surface area contributed by atoms with Crippen LogP contribution in [0.2, 0.25) is 0 Å². The predicted molar refractivity (Wildman–Crippen MR) is 161 cm³/mol. The van der Waals surface area contributed by atoms with Crippen LogP contribution >= 0.6 is 0 Å². The zero-order chi connectivity index (χ0) is 27.8. The molecule has 0 saturated heterocycles. The quantitative estimate of drug-likeness (QED) is 0.182. The van der Waals surface area contributed by atoms with Crippen molar-refractivity contribution in [1.82, 2.24) is 10.6 Å². The summed E-state index contributed by atoms with van der Waals surface area (Å²) in [6.45, 7) is 11.1. The summed E-state index contributed by atoms with van der Waals surface area (Å²) < 4.78 is 0. The summed E-state index contributed by atoms with van der Waals surface area (Å²) in [5, 5.41) is 9.27. The van der Waals surface area contributed by atoms with E-state index in [4.69, 9.17) is 0 Å². The van der Waals surface area contributed by atoms with Crippen molar-refractivity contribution in [2.75, 3.05) is 11.9 Å². The van der Waals surface area contributed by atoms with Gasteiger partial charge in [0.15, 0.2) is 0 Å². The van der Waals surface area contributed by atoms with Crippen LogP contribution in [0.5, 0.6) is 0 Å². The van der Waals surface area contributed by atoms with E-state index >= 15 is 0 Å². The van der Waals surface area contributed by atoms with Gasteiger partial charge in [0.1, 0.15) is 0 Å². The first kappa shape index (κ1) is 31.4. The van der Waals surface area contributed by atoms with Gasteiger partial charge < -0.3 is 16.0 Å². The number of carbonyl (C=O) groups excluding carboxylic acids is 2. The number of benzene rings is 2. The highest BCUT2D eigenvalue weighted by molar-refractivity contribution is 5.91. The van der Waals surface area contributed by atoms with Gasteiger partial charge in [0, 0.05) is 18.7 Å². The van der Waals surface area contributed by atoms with E-state index in [9.17, 15) is 9.59 Å². The third-order valence-corrected chi connectivity index (χ3v) is 7.12. The minimum Gasteiger partial charge on any atom is -0.348 e. The van der Waals surface area contributed by atoms with E-state index in [0.29, 0.717) is 24.8 Å². The molecular weight excluding hydrogens is 470 g/mol. The average Bonchev–Trinajstić information content (AvgIpc) is 2.90. The predicted octanol–water partition coefficient (Wildman–Crippen LogP) is 8.83. The van der Waals surface area contributed by atoms with Gasteiger partial charge in [0.25, 0.3) is 0 Å². The van der Waals surface area contributed by atoms with Gasteiger partial charge in [-0.2, -0.15) is 0 Å². The Kier molecular flexibility index (Phi) is 14.6. The molecule has 210 valence electrons. The lowest BCUT2D eigenvalue weighted by Crippen LogP contribution is -2.39. The van der Waals surface area contributed by atoms with Crippen molar-refractivity contribution >= 4 is 17.6 Å². The number of nitrogens with one attached hydrogen (secondary N) is 3. The van der Waals surface area contributed by atoms with Crippen molar-refractivity contribution < 1.29 is 9.59 Å². The topological polar surface area (TPSA) is 70.2 Å². The fourth-order valence-corrected chi connectivity index (χ4v) is 4.85. The highest BCUT2D eigenvalue weighted by Gasteiger charge is 2.18. The van der Waals surface area contributed by atoms with Gasteiger partial charge in [-0.3, -0.25) is 4.79 Å². The monoisotopic (exact) mass is 521 g/mol. The minimum absolute atomic E-state index is 0.0382. The lowest BCUT2D eigenvalue weighted by Gasteiger charge is -2.22. The van der Waals surface area contributed by atoms with Crippen LogP contribution in [0.1, 0.15) is 133 Å². The number of amides is 3. The number of para-hydroxylation sites is 1. The zero-order valence-electron chi connectivity index (χ0n) is 24.4. The van der Waals surface area contributed by atoms with Crippen LogP contribution in [0.25, 0.3) is 0 Å². The molecule has 3 N–H and O–H groups in total. The normalized spacial score (nSPS) is 12.0. The second-order valence-corrected chi connectivity index (χ2v) is 11.1. The minimum atomic E-state index is -0.280. The standard InChI is InChI=1S/C33H51N3O2/c1-6-7-8-9-10-11-12-13-17-23-31(37)35-30(27-19-15-14-16-20-27)24-34-33(38)36-32-28(25(2)3)21-18-22-29(32)26(4)5/h14-16,18-22,25-26,30H,6-13,17,23-24H2,1-5H3,(H,35,37)(H2,34,36,38). The molecule has 1 unspecified atom stereocenters. The van der Waals surface area contributed by atoms with Crippen LogP contribution in [0.15, 0.2) is 48.5 Å². The molecule has 38 heavy (non-hydrogen) atoms. The van der Waals surface area contributed by atoms with E-state index in [1.807, 2.05) is 30.3 Å². The number of unbranched alkanes of at least 4 members (excludes halogenated alkanes) is 8. The summed E-state index contributed by atoms with van der Waals surface area (Å²) in [5.74, 6) is 0.624. The number of hydrogen-bond donors (Lipinski definition) is 3. The Hall–Kier alpha value is -2.82. The third-order valence-electron chi connectivity index (χ3n) is 7.12. The summed E-state index contributed by atoms with van der Waals surface area (Å²) in [4.78, 5) is 25.8. The van der Waals surface area contributed by atoms with E-state index in [0.717, 1.165) is 35.2 Å². The smallest absolute Gasteiger partial charge is 0.319 e. The van der Waals surface area contributed by atoms with Gasteiger partial charge >= 0.3 is 6.03 Å². The molecule has 0 spiro atoms. The summed E-state index contributed by atoms with van der Waals surface area (Å²) in [6.07, 6.45) is 11.6. The molecule has 5 nitrogen and oxygen atoms in total. The lowest BCUT2D eigenvalue weighted by atomic mass is 9.93. The first-order valence-electron chi connectivity index (χ1n) is 14.8. The number of hydrogen-bond acceptors (Lipinski definition) is 2. The maximum atomic E-state index is 13.0. The van der Waals surface area contributed by atoms with Gasteiger partial charge in [-0.25, -0.2) is 4.79 Å². The largest absolute Gasteiger partial charge is 0.348 e. The van der Waals surface area contributed by atoms with E-state index in [-0.39, 0.29) is 18.0 Å². The van der Waals surface area contributed by atoms with Gasteiger partial charge in [0.2, 0.25) is 5.91 Å². The summed E-state index contributed by atoms with van der Waals surface area (Å²) >= 11 is 0. The summed E-state index contributed by atoms with van der Waals surface area (Å²) in [6, 6.07) is 15.5. The van der Waals surface area contributed by atoms with Gasteiger partial charge in [-0.1, -0.05) is 135 Å². The van der Waals surface area contributed by atoms with Crippen LogP contribution in [-0.2, 0) is 4.79 Å².